The summed E-state index contributed by atoms with van der Waals surface area (Å²) < 4.78 is 10.8. The van der Waals surface area contributed by atoms with Crippen molar-refractivity contribution in [2.45, 2.75) is 45.1 Å². The van der Waals surface area contributed by atoms with Gasteiger partial charge in [0.2, 0.25) is 5.89 Å². The monoisotopic (exact) mass is 372 g/mol. The molecule has 0 amide bonds. The standard InChI is InChI=1S/C19H28N6O2/c1-14(2)19-22-17(23-27-19)12-24-5-3-4-15(11-24)16-10-18(21-13-20-16)25-6-8-26-9-7-25/h10,13-15H,3-9,11-12H2,1-2H3. The van der Waals surface area contributed by atoms with Gasteiger partial charge in [0.1, 0.15) is 12.1 Å². The fourth-order valence-corrected chi connectivity index (χ4v) is 3.76. The van der Waals surface area contributed by atoms with Crippen LogP contribution >= 0.6 is 0 Å². The van der Waals surface area contributed by atoms with Crippen molar-refractivity contribution in [3.63, 3.8) is 0 Å². The van der Waals surface area contributed by atoms with Gasteiger partial charge in [-0.1, -0.05) is 19.0 Å². The average molecular weight is 372 g/mol. The maximum absolute atomic E-state index is 5.44. The molecule has 0 aromatic carbocycles. The van der Waals surface area contributed by atoms with E-state index in [0.29, 0.717) is 11.8 Å². The Hall–Kier alpha value is -2.06. The Kier molecular flexibility index (Phi) is 5.63. The van der Waals surface area contributed by atoms with E-state index < -0.39 is 0 Å². The Balaban J connectivity index is 1.41. The van der Waals surface area contributed by atoms with Crippen LogP contribution < -0.4 is 4.90 Å². The summed E-state index contributed by atoms with van der Waals surface area (Å²) in [4.78, 5) is 18.3. The van der Waals surface area contributed by atoms with Crippen molar-refractivity contribution in [3.8, 4) is 0 Å². The quantitative estimate of drug-likeness (QED) is 0.790. The minimum Gasteiger partial charge on any atom is -0.378 e. The molecule has 4 rings (SSSR count). The van der Waals surface area contributed by atoms with Gasteiger partial charge in [-0.15, -0.1) is 0 Å². The highest BCUT2D eigenvalue weighted by Gasteiger charge is 2.25. The summed E-state index contributed by atoms with van der Waals surface area (Å²) in [7, 11) is 0. The number of morpholine rings is 1. The van der Waals surface area contributed by atoms with Crippen molar-refractivity contribution in [2.24, 2.45) is 0 Å². The van der Waals surface area contributed by atoms with Crippen molar-refractivity contribution in [2.75, 3.05) is 44.3 Å². The fraction of sp³-hybridized carbons (Fsp3) is 0.684. The lowest BCUT2D eigenvalue weighted by molar-refractivity contribution is 0.122. The molecule has 2 aliphatic rings. The molecular formula is C19H28N6O2. The van der Waals surface area contributed by atoms with Gasteiger partial charge in [0.05, 0.1) is 25.5 Å². The van der Waals surface area contributed by atoms with E-state index in [-0.39, 0.29) is 5.92 Å². The molecule has 27 heavy (non-hydrogen) atoms. The van der Waals surface area contributed by atoms with E-state index in [2.05, 4.69) is 49.8 Å². The minimum absolute atomic E-state index is 0.264. The lowest BCUT2D eigenvalue weighted by atomic mass is 9.94. The molecule has 0 radical (unpaired) electrons. The lowest BCUT2D eigenvalue weighted by Crippen LogP contribution is -2.37. The Morgan fingerprint density at radius 2 is 2.04 bits per heavy atom. The average Bonchev–Trinajstić information content (AvgIpc) is 3.18. The van der Waals surface area contributed by atoms with Gasteiger partial charge in [0.15, 0.2) is 5.82 Å². The highest BCUT2D eigenvalue weighted by atomic mass is 16.5. The molecule has 0 aliphatic carbocycles. The summed E-state index contributed by atoms with van der Waals surface area (Å²) in [5.41, 5.74) is 1.13. The molecule has 2 aromatic heterocycles. The van der Waals surface area contributed by atoms with Gasteiger partial charge in [-0.3, -0.25) is 4.90 Å². The second-order valence-corrected chi connectivity index (χ2v) is 7.68. The zero-order valence-electron chi connectivity index (χ0n) is 16.2. The summed E-state index contributed by atoms with van der Waals surface area (Å²) in [6.07, 6.45) is 4.00. The van der Waals surface area contributed by atoms with Crippen molar-refractivity contribution in [3.05, 3.63) is 29.8 Å². The zero-order chi connectivity index (χ0) is 18.6. The van der Waals surface area contributed by atoms with Gasteiger partial charge in [0.25, 0.3) is 0 Å². The van der Waals surface area contributed by atoms with E-state index in [9.17, 15) is 0 Å². The van der Waals surface area contributed by atoms with E-state index in [1.54, 1.807) is 6.33 Å². The SMILES string of the molecule is CC(C)c1nc(CN2CCCC(c3cc(N4CCOCC4)ncn3)C2)no1. The zero-order valence-corrected chi connectivity index (χ0v) is 16.2. The molecule has 146 valence electrons. The highest BCUT2D eigenvalue weighted by Crippen LogP contribution is 2.28. The van der Waals surface area contributed by atoms with Crippen LogP contribution in [0.25, 0.3) is 0 Å². The number of rotatable bonds is 5. The van der Waals surface area contributed by atoms with E-state index >= 15 is 0 Å². The minimum atomic E-state index is 0.264. The smallest absolute Gasteiger partial charge is 0.229 e. The lowest BCUT2D eigenvalue weighted by Gasteiger charge is -2.32. The molecule has 4 heterocycles. The number of aromatic nitrogens is 4. The number of hydrogen-bond donors (Lipinski definition) is 0. The van der Waals surface area contributed by atoms with Gasteiger partial charge in [-0.05, 0) is 19.4 Å². The maximum atomic E-state index is 5.44. The molecule has 1 unspecified atom stereocenters. The van der Waals surface area contributed by atoms with E-state index in [1.165, 1.54) is 0 Å². The third-order valence-electron chi connectivity index (χ3n) is 5.28. The Morgan fingerprint density at radius 3 is 2.81 bits per heavy atom. The summed E-state index contributed by atoms with van der Waals surface area (Å²) >= 11 is 0. The Labute approximate surface area is 159 Å². The van der Waals surface area contributed by atoms with Crippen LogP contribution in [-0.2, 0) is 11.3 Å². The first-order chi connectivity index (χ1) is 13.2. The third-order valence-corrected chi connectivity index (χ3v) is 5.28. The van der Waals surface area contributed by atoms with Crippen LogP contribution in [0.15, 0.2) is 16.9 Å². The molecule has 2 aliphatic heterocycles. The van der Waals surface area contributed by atoms with Crippen molar-refractivity contribution in [1.29, 1.82) is 0 Å². The molecule has 8 nitrogen and oxygen atoms in total. The van der Waals surface area contributed by atoms with Gasteiger partial charge in [0, 0.05) is 37.5 Å². The highest BCUT2D eigenvalue weighted by molar-refractivity contribution is 5.40. The molecule has 1 atom stereocenters. The molecule has 0 saturated carbocycles. The van der Waals surface area contributed by atoms with Gasteiger partial charge in [-0.2, -0.15) is 4.98 Å². The summed E-state index contributed by atoms with van der Waals surface area (Å²) in [6.45, 7) is 10.2. The first-order valence-corrected chi connectivity index (χ1v) is 9.88. The van der Waals surface area contributed by atoms with Crippen molar-refractivity contribution in [1.82, 2.24) is 25.0 Å². The largest absolute Gasteiger partial charge is 0.378 e. The normalized spacial score (nSPS) is 21.7. The van der Waals surface area contributed by atoms with Crippen LogP contribution in [0.1, 0.15) is 55.9 Å². The second-order valence-electron chi connectivity index (χ2n) is 7.68. The van der Waals surface area contributed by atoms with Crippen molar-refractivity contribution >= 4 is 5.82 Å². The van der Waals surface area contributed by atoms with Crippen LogP contribution in [0, 0.1) is 0 Å². The molecule has 0 N–H and O–H groups in total. The van der Waals surface area contributed by atoms with Gasteiger partial charge in [-0.25, -0.2) is 9.97 Å². The van der Waals surface area contributed by atoms with Crippen LogP contribution in [0.5, 0.6) is 0 Å². The molecular weight excluding hydrogens is 344 g/mol. The predicted octanol–water partition coefficient (Wildman–Crippen LogP) is 2.20. The molecule has 0 spiro atoms. The van der Waals surface area contributed by atoms with Crippen LogP contribution in [0.4, 0.5) is 5.82 Å². The Bertz CT molecular complexity index is 743. The molecule has 0 bridgehead atoms. The number of hydrogen-bond acceptors (Lipinski definition) is 8. The fourth-order valence-electron chi connectivity index (χ4n) is 3.76. The van der Waals surface area contributed by atoms with Gasteiger partial charge < -0.3 is 14.2 Å². The van der Waals surface area contributed by atoms with E-state index in [0.717, 1.165) is 76.1 Å². The number of nitrogens with zero attached hydrogens (tertiary/aromatic N) is 6. The first-order valence-electron chi connectivity index (χ1n) is 9.88. The third kappa shape index (κ3) is 4.44. The van der Waals surface area contributed by atoms with E-state index in [1.807, 2.05) is 0 Å². The van der Waals surface area contributed by atoms with Gasteiger partial charge >= 0.3 is 0 Å². The predicted molar refractivity (Wildman–Crippen MR) is 101 cm³/mol. The first kappa shape index (κ1) is 18.3. The van der Waals surface area contributed by atoms with Crippen LogP contribution in [-0.4, -0.2) is 64.4 Å². The second kappa shape index (κ2) is 8.31. The summed E-state index contributed by atoms with van der Waals surface area (Å²) in [5, 5.41) is 4.13. The number of ether oxygens (including phenoxy) is 1. The van der Waals surface area contributed by atoms with Crippen molar-refractivity contribution < 1.29 is 9.26 Å². The molecule has 2 saturated heterocycles. The molecule has 2 aromatic rings. The Morgan fingerprint density at radius 1 is 1.19 bits per heavy atom. The molecule has 8 heteroatoms. The molecule has 2 fully saturated rings. The number of likely N-dealkylation sites (tertiary alicyclic amines) is 1. The van der Waals surface area contributed by atoms with Crippen LogP contribution in [0.3, 0.4) is 0 Å². The van der Waals surface area contributed by atoms with Crippen LogP contribution in [0.2, 0.25) is 0 Å². The van der Waals surface area contributed by atoms with E-state index in [4.69, 9.17) is 9.26 Å². The number of anilines is 1. The summed E-state index contributed by atoms with van der Waals surface area (Å²) in [5.74, 6) is 3.18. The number of piperidine rings is 1. The topological polar surface area (TPSA) is 80.4 Å². The summed E-state index contributed by atoms with van der Waals surface area (Å²) in [6, 6.07) is 2.16. The maximum Gasteiger partial charge on any atom is 0.229 e.